The second-order valence-electron chi connectivity index (χ2n) is 7.06. The summed E-state index contributed by atoms with van der Waals surface area (Å²) in [5, 5.41) is 2.87. The van der Waals surface area contributed by atoms with Gasteiger partial charge >= 0.3 is 0 Å². The van der Waals surface area contributed by atoms with Gasteiger partial charge in [-0.05, 0) is 37.5 Å². The van der Waals surface area contributed by atoms with Crippen LogP contribution in [-0.4, -0.2) is 48.6 Å². The number of benzene rings is 1. The van der Waals surface area contributed by atoms with Crippen molar-refractivity contribution in [1.29, 1.82) is 0 Å². The van der Waals surface area contributed by atoms with Crippen molar-refractivity contribution < 1.29 is 4.79 Å². The number of nitrogens with one attached hydrogen (secondary N) is 1. The Balaban J connectivity index is 1.58. The molecule has 27 heavy (non-hydrogen) atoms. The molecule has 2 heterocycles. The minimum Gasteiger partial charge on any atom is -0.368 e. The van der Waals surface area contributed by atoms with Crippen molar-refractivity contribution in [2.24, 2.45) is 0 Å². The maximum Gasteiger partial charge on any atom is 0.271 e. The van der Waals surface area contributed by atoms with Crippen LogP contribution in [0.3, 0.4) is 0 Å². The van der Waals surface area contributed by atoms with Crippen LogP contribution in [0.1, 0.15) is 41.4 Å². The van der Waals surface area contributed by atoms with Gasteiger partial charge in [0, 0.05) is 38.4 Å². The Labute approximate surface area is 161 Å². The van der Waals surface area contributed by atoms with Crippen LogP contribution in [0, 0.1) is 13.8 Å². The zero-order valence-electron chi connectivity index (χ0n) is 16.5. The van der Waals surface area contributed by atoms with Gasteiger partial charge in [0.1, 0.15) is 11.5 Å². The van der Waals surface area contributed by atoms with Crippen LogP contribution in [0.25, 0.3) is 0 Å². The minimum atomic E-state index is -0.151. The quantitative estimate of drug-likeness (QED) is 0.796. The highest BCUT2D eigenvalue weighted by Crippen LogP contribution is 2.24. The van der Waals surface area contributed by atoms with E-state index in [-0.39, 0.29) is 5.91 Å². The predicted molar refractivity (Wildman–Crippen MR) is 110 cm³/mol. The monoisotopic (exact) mass is 367 g/mol. The Morgan fingerprint density at radius 2 is 1.81 bits per heavy atom. The first-order valence-electron chi connectivity index (χ1n) is 9.76. The number of aromatic nitrogens is 2. The largest absolute Gasteiger partial charge is 0.368 e. The molecule has 0 aliphatic carbocycles. The first-order valence-corrected chi connectivity index (χ1v) is 9.76. The molecule has 0 radical (unpaired) electrons. The van der Waals surface area contributed by atoms with Crippen LogP contribution in [0.15, 0.2) is 30.6 Å². The third-order valence-corrected chi connectivity index (χ3v) is 5.21. The molecule has 6 nitrogen and oxygen atoms in total. The Hall–Kier alpha value is -2.63. The van der Waals surface area contributed by atoms with Crippen LogP contribution in [-0.2, 0) is 0 Å². The molecular formula is C21H29N5O. The number of unbranched alkanes of at least 4 members (excludes halogenated alkanes) is 1. The molecule has 144 valence electrons. The van der Waals surface area contributed by atoms with Crippen LogP contribution >= 0.6 is 0 Å². The molecular weight excluding hydrogens is 338 g/mol. The van der Waals surface area contributed by atoms with Gasteiger partial charge in [-0.3, -0.25) is 4.79 Å². The van der Waals surface area contributed by atoms with E-state index < -0.39 is 0 Å². The van der Waals surface area contributed by atoms with Gasteiger partial charge in [0.15, 0.2) is 0 Å². The standard InChI is InChI=1S/C21H29N5O/c1-4-5-9-22-21(27)18-14-24-20(15-23-18)26-12-10-25(11-13-26)19-8-6-7-16(2)17(19)3/h6-8,14-15H,4-5,9-13H2,1-3H3,(H,22,27). The minimum absolute atomic E-state index is 0.151. The molecule has 3 rings (SSSR count). The summed E-state index contributed by atoms with van der Waals surface area (Å²) in [7, 11) is 0. The van der Waals surface area contributed by atoms with E-state index in [1.54, 1.807) is 12.4 Å². The summed E-state index contributed by atoms with van der Waals surface area (Å²) in [5.41, 5.74) is 4.38. The molecule has 1 fully saturated rings. The van der Waals surface area contributed by atoms with E-state index in [2.05, 4.69) is 64.1 Å². The number of anilines is 2. The van der Waals surface area contributed by atoms with Crippen LogP contribution in [0.2, 0.25) is 0 Å². The summed E-state index contributed by atoms with van der Waals surface area (Å²) >= 11 is 0. The maximum absolute atomic E-state index is 12.0. The van der Waals surface area contributed by atoms with Gasteiger partial charge in [0.25, 0.3) is 5.91 Å². The zero-order valence-corrected chi connectivity index (χ0v) is 16.5. The molecule has 1 N–H and O–H groups in total. The first-order chi connectivity index (χ1) is 13.1. The van der Waals surface area contributed by atoms with Gasteiger partial charge < -0.3 is 15.1 Å². The molecule has 6 heteroatoms. The number of aryl methyl sites for hydroxylation is 1. The molecule has 1 aliphatic heterocycles. The number of piperazine rings is 1. The third-order valence-electron chi connectivity index (χ3n) is 5.21. The van der Waals surface area contributed by atoms with E-state index in [0.717, 1.165) is 44.8 Å². The molecule has 0 saturated carbocycles. The van der Waals surface area contributed by atoms with Crippen molar-refractivity contribution in [1.82, 2.24) is 15.3 Å². The van der Waals surface area contributed by atoms with E-state index in [1.807, 2.05) is 0 Å². The number of hydrogen-bond acceptors (Lipinski definition) is 5. The molecule has 1 aromatic carbocycles. The summed E-state index contributed by atoms with van der Waals surface area (Å²) in [5.74, 6) is 0.683. The molecule has 1 aromatic heterocycles. The fourth-order valence-corrected chi connectivity index (χ4v) is 3.33. The summed E-state index contributed by atoms with van der Waals surface area (Å²) < 4.78 is 0. The average molecular weight is 367 g/mol. The highest BCUT2D eigenvalue weighted by atomic mass is 16.1. The summed E-state index contributed by atoms with van der Waals surface area (Å²) in [4.78, 5) is 25.5. The van der Waals surface area contributed by atoms with E-state index in [4.69, 9.17) is 0 Å². The molecule has 0 unspecified atom stereocenters. The summed E-state index contributed by atoms with van der Waals surface area (Å²) in [6.45, 7) is 10.8. The van der Waals surface area contributed by atoms with Gasteiger partial charge in [-0.15, -0.1) is 0 Å². The number of carbonyl (C=O) groups excluding carboxylic acids is 1. The smallest absolute Gasteiger partial charge is 0.271 e. The maximum atomic E-state index is 12.0. The highest BCUT2D eigenvalue weighted by molar-refractivity contribution is 5.91. The zero-order chi connectivity index (χ0) is 19.2. The Morgan fingerprint density at radius 3 is 2.48 bits per heavy atom. The van der Waals surface area contributed by atoms with Crippen LogP contribution in [0.4, 0.5) is 11.5 Å². The average Bonchev–Trinajstić information content (AvgIpc) is 2.70. The topological polar surface area (TPSA) is 61.4 Å². The van der Waals surface area contributed by atoms with E-state index in [1.165, 1.54) is 16.8 Å². The number of rotatable bonds is 6. The number of hydrogen-bond donors (Lipinski definition) is 1. The second-order valence-corrected chi connectivity index (χ2v) is 7.06. The molecule has 0 atom stereocenters. The van der Waals surface area contributed by atoms with Crippen molar-refractivity contribution in [3.63, 3.8) is 0 Å². The lowest BCUT2D eigenvalue weighted by molar-refractivity contribution is 0.0948. The lowest BCUT2D eigenvalue weighted by Gasteiger charge is -2.37. The van der Waals surface area contributed by atoms with Crippen LogP contribution in [0.5, 0.6) is 0 Å². The van der Waals surface area contributed by atoms with Crippen molar-refractivity contribution >= 4 is 17.4 Å². The second kappa shape index (κ2) is 8.84. The van der Waals surface area contributed by atoms with Gasteiger partial charge in [0.05, 0.1) is 12.4 Å². The van der Waals surface area contributed by atoms with Crippen molar-refractivity contribution in [2.45, 2.75) is 33.6 Å². The normalized spacial score (nSPS) is 14.3. The van der Waals surface area contributed by atoms with Crippen molar-refractivity contribution in [3.05, 3.63) is 47.4 Å². The summed E-state index contributed by atoms with van der Waals surface area (Å²) in [6.07, 6.45) is 5.32. The molecule has 2 aromatic rings. The summed E-state index contributed by atoms with van der Waals surface area (Å²) in [6, 6.07) is 6.48. The third kappa shape index (κ3) is 4.56. The number of amides is 1. The molecule has 1 saturated heterocycles. The Morgan fingerprint density at radius 1 is 1.07 bits per heavy atom. The van der Waals surface area contributed by atoms with Gasteiger partial charge in [-0.2, -0.15) is 0 Å². The number of nitrogens with zero attached hydrogens (tertiary/aromatic N) is 4. The molecule has 1 aliphatic rings. The van der Waals surface area contributed by atoms with E-state index in [0.29, 0.717) is 12.2 Å². The molecule has 0 spiro atoms. The first kappa shape index (κ1) is 19.1. The SMILES string of the molecule is CCCCNC(=O)c1cnc(N2CCN(c3cccc(C)c3C)CC2)cn1. The van der Waals surface area contributed by atoms with Crippen molar-refractivity contribution in [3.8, 4) is 0 Å². The predicted octanol–water partition coefficient (Wildman–Crippen LogP) is 2.95. The Bertz CT molecular complexity index is 767. The fourth-order valence-electron chi connectivity index (χ4n) is 3.33. The lowest BCUT2D eigenvalue weighted by Crippen LogP contribution is -2.47. The molecule has 1 amide bonds. The van der Waals surface area contributed by atoms with E-state index in [9.17, 15) is 4.79 Å². The lowest BCUT2D eigenvalue weighted by atomic mass is 10.1. The van der Waals surface area contributed by atoms with E-state index >= 15 is 0 Å². The Kier molecular flexibility index (Phi) is 6.27. The number of carbonyl (C=O) groups is 1. The van der Waals surface area contributed by atoms with Gasteiger partial charge in [-0.25, -0.2) is 9.97 Å². The van der Waals surface area contributed by atoms with Gasteiger partial charge in [-0.1, -0.05) is 25.5 Å². The fraction of sp³-hybridized carbons (Fsp3) is 0.476. The van der Waals surface area contributed by atoms with Gasteiger partial charge in [0.2, 0.25) is 0 Å². The molecule has 0 bridgehead atoms. The van der Waals surface area contributed by atoms with Crippen molar-refractivity contribution in [2.75, 3.05) is 42.5 Å². The van der Waals surface area contributed by atoms with Crippen LogP contribution < -0.4 is 15.1 Å². The highest BCUT2D eigenvalue weighted by Gasteiger charge is 2.20.